The first-order valence-electron chi connectivity index (χ1n) is 10.1. The summed E-state index contributed by atoms with van der Waals surface area (Å²) in [7, 11) is 4.09. The molecule has 0 saturated carbocycles. The maximum Gasteiger partial charge on any atom is 0.409 e. The standard InChI is InChI=1S/C21H33N3O3/c1-4-27-20(25)23-13-10-18(11-14-23)24-15-12-21(26,19(16-24)22(2)3)17-8-6-5-7-9-17/h5-9,18-19,26H,4,10-16H2,1-3H3/t19-,21+/m1/s1. The summed E-state index contributed by atoms with van der Waals surface area (Å²) in [4.78, 5) is 18.4. The van der Waals surface area contributed by atoms with Crippen LogP contribution in [0.15, 0.2) is 30.3 Å². The smallest absolute Gasteiger partial charge is 0.409 e. The number of aliphatic hydroxyl groups is 1. The fourth-order valence-corrected chi connectivity index (χ4v) is 4.56. The summed E-state index contributed by atoms with van der Waals surface area (Å²) in [5.74, 6) is 0. The molecular formula is C21H33N3O3. The number of hydrogen-bond acceptors (Lipinski definition) is 5. The number of rotatable bonds is 4. The van der Waals surface area contributed by atoms with Crippen LogP contribution in [0.1, 0.15) is 31.7 Å². The first-order valence-corrected chi connectivity index (χ1v) is 10.1. The summed E-state index contributed by atoms with van der Waals surface area (Å²) in [6.07, 6.45) is 2.45. The van der Waals surface area contributed by atoms with Gasteiger partial charge < -0.3 is 19.6 Å². The number of carbonyl (C=O) groups is 1. The fraction of sp³-hybridized carbons (Fsp3) is 0.667. The molecule has 0 spiro atoms. The molecule has 1 aromatic carbocycles. The Morgan fingerprint density at radius 2 is 1.89 bits per heavy atom. The molecule has 0 aromatic heterocycles. The number of carbonyl (C=O) groups excluding carboxylic acids is 1. The fourth-order valence-electron chi connectivity index (χ4n) is 4.56. The molecule has 3 rings (SSSR count). The molecule has 0 bridgehead atoms. The number of ether oxygens (including phenoxy) is 1. The van der Waals surface area contributed by atoms with E-state index in [0.717, 1.165) is 51.0 Å². The van der Waals surface area contributed by atoms with E-state index in [1.165, 1.54) is 0 Å². The predicted molar refractivity (Wildman–Crippen MR) is 106 cm³/mol. The third-order valence-corrected chi connectivity index (χ3v) is 6.14. The summed E-state index contributed by atoms with van der Waals surface area (Å²) in [6, 6.07) is 10.5. The normalized spacial score (nSPS) is 27.7. The zero-order valence-electron chi connectivity index (χ0n) is 16.8. The Hall–Kier alpha value is -1.63. The topological polar surface area (TPSA) is 56.3 Å². The highest BCUT2D eigenvalue weighted by molar-refractivity contribution is 5.67. The van der Waals surface area contributed by atoms with Crippen LogP contribution in [-0.2, 0) is 10.3 Å². The van der Waals surface area contributed by atoms with Gasteiger partial charge in [-0.1, -0.05) is 30.3 Å². The molecule has 2 saturated heterocycles. The van der Waals surface area contributed by atoms with Crippen LogP contribution in [-0.4, -0.2) is 84.9 Å². The predicted octanol–water partition coefficient (Wildman–Crippen LogP) is 2.13. The summed E-state index contributed by atoms with van der Waals surface area (Å²) >= 11 is 0. The number of likely N-dealkylation sites (N-methyl/N-ethyl adjacent to an activating group) is 1. The molecule has 2 fully saturated rings. The van der Waals surface area contributed by atoms with E-state index >= 15 is 0 Å². The first-order chi connectivity index (χ1) is 13.0. The highest BCUT2D eigenvalue weighted by Gasteiger charge is 2.45. The Kier molecular flexibility index (Phi) is 6.40. The van der Waals surface area contributed by atoms with Gasteiger partial charge in [0.05, 0.1) is 12.6 Å². The Morgan fingerprint density at radius 1 is 1.22 bits per heavy atom. The van der Waals surface area contributed by atoms with Crippen molar-refractivity contribution >= 4 is 6.09 Å². The van der Waals surface area contributed by atoms with Gasteiger partial charge in [0.25, 0.3) is 0 Å². The van der Waals surface area contributed by atoms with E-state index < -0.39 is 5.60 Å². The molecule has 6 nitrogen and oxygen atoms in total. The molecule has 0 radical (unpaired) electrons. The average molecular weight is 376 g/mol. The van der Waals surface area contributed by atoms with E-state index in [1.807, 2.05) is 56.3 Å². The van der Waals surface area contributed by atoms with Gasteiger partial charge in [0.15, 0.2) is 0 Å². The van der Waals surface area contributed by atoms with Crippen molar-refractivity contribution < 1.29 is 14.6 Å². The average Bonchev–Trinajstić information content (AvgIpc) is 2.69. The van der Waals surface area contributed by atoms with Gasteiger partial charge in [0, 0.05) is 32.2 Å². The first kappa shape index (κ1) is 20.1. The van der Waals surface area contributed by atoms with Gasteiger partial charge in [0.1, 0.15) is 5.60 Å². The third-order valence-electron chi connectivity index (χ3n) is 6.14. The molecule has 6 heteroatoms. The molecule has 0 unspecified atom stereocenters. The molecular weight excluding hydrogens is 342 g/mol. The number of benzene rings is 1. The van der Waals surface area contributed by atoms with Crippen molar-refractivity contribution in [3.05, 3.63) is 35.9 Å². The molecule has 1 aromatic rings. The lowest BCUT2D eigenvalue weighted by Crippen LogP contribution is -2.61. The van der Waals surface area contributed by atoms with Gasteiger partial charge in [0.2, 0.25) is 0 Å². The quantitative estimate of drug-likeness (QED) is 0.874. The molecule has 150 valence electrons. The summed E-state index contributed by atoms with van der Waals surface area (Å²) in [5, 5.41) is 11.5. The van der Waals surface area contributed by atoms with Crippen molar-refractivity contribution in [3.63, 3.8) is 0 Å². The van der Waals surface area contributed by atoms with Crippen LogP contribution in [0.25, 0.3) is 0 Å². The van der Waals surface area contributed by atoms with Crippen LogP contribution in [0.2, 0.25) is 0 Å². The van der Waals surface area contributed by atoms with Crippen molar-refractivity contribution in [1.29, 1.82) is 0 Å². The van der Waals surface area contributed by atoms with Crippen molar-refractivity contribution in [3.8, 4) is 0 Å². The van der Waals surface area contributed by atoms with Gasteiger partial charge in [-0.15, -0.1) is 0 Å². The van der Waals surface area contributed by atoms with Gasteiger partial charge in [-0.25, -0.2) is 4.79 Å². The Bertz CT molecular complexity index is 616. The minimum absolute atomic E-state index is 0.0386. The van der Waals surface area contributed by atoms with E-state index in [2.05, 4.69) is 9.80 Å². The molecule has 2 atom stereocenters. The molecule has 1 amide bonds. The largest absolute Gasteiger partial charge is 0.450 e. The van der Waals surface area contributed by atoms with Crippen LogP contribution in [0.5, 0.6) is 0 Å². The van der Waals surface area contributed by atoms with Crippen molar-refractivity contribution in [2.45, 2.75) is 43.9 Å². The van der Waals surface area contributed by atoms with Gasteiger partial charge in [-0.05, 0) is 45.8 Å². The zero-order valence-corrected chi connectivity index (χ0v) is 16.8. The second-order valence-corrected chi connectivity index (χ2v) is 7.93. The molecule has 0 aliphatic carbocycles. The van der Waals surface area contributed by atoms with Crippen molar-refractivity contribution in [2.24, 2.45) is 0 Å². The third kappa shape index (κ3) is 4.28. The van der Waals surface area contributed by atoms with Crippen LogP contribution in [0.4, 0.5) is 4.79 Å². The maximum absolute atomic E-state index is 11.9. The Balaban J connectivity index is 1.65. The lowest BCUT2D eigenvalue weighted by atomic mass is 9.79. The molecule has 2 aliphatic rings. The SMILES string of the molecule is CCOC(=O)N1CCC(N2CC[C@](O)(c3ccccc3)[C@H](N(C)C)C2)CC1. The molecule has 27 heavy (non-hydrogen) atoms. The van der Waals surface area contributed by atoms with E-state index in [4.69, 9.17) is 4.74 Å². The summed E-state index contributed by atoms with van der Waals surface area (Å²) in [6.45, 7) is 5.47. The number of hydrogen-bond donors (Lipinski definition) is 1. The van der Waals surface area contributed by atoms with Gasteiger partial charge >= 0.3 is 6.09 Å². The van der Waals surface area contributed by atoms with Crippen LogP contribution < -0.4 is 0 Å². The van der Waals surface area contributed by atoms with Gasteiger partial charge in [-0.2, -0.15) is 0 Å². The van der Waals surface area contributed by atoms with Crippen molar-refractivity contribution in [1.82, 2.24) is 14.7 Å². The minimum atomic E-state index is -0.826. The minimum Gasteiger partial charge on any atom is -0.450 e. The monoisotopic (exact) mass is 375 g/mol. The van der Waals surface area contributed by atoms with Crippen LogP contribution in [0.3, 0.4) is 0 Å². The van der Waals surface area contributed by atoms with E-state index in [1.54, 1.807) is 0 Å². The molecule has 1 N–H and O–H groups in total. The number of amides is 1. The molecule has 2 heterocycles. The second-order valence-electron chi connectivity index (χ2n) is 7.93. The van der Waals surface area contributed by atoms with E-state index in [-0.39, 0.29) is 12.1 Å². The Labute approximate surface area is 162 Å². The lowest BCUT2D eigenvalue weighted by Gasteiger charge is -2.50. The Morgan fingerprint density at radius 3 is 2.48 bits per heavy atom. The summed E-state index contributed by atoms with van der Waals surface area (Å²) < 4.78 is 5.12. The van der Waals surface area contributed by atoms with Crippen molar-refractivity contribution in [2.75, 3.05) is 46.9 Å². The number of nitrogens with zero attached hydrogens (tertiary/aromatic N) is 3. The van der Waals surface area contributed by atoms with E-state index in [0.29, 0.717) is 12.6 Å². The van der Waals surface area contributed by atoms with Gasteiger partial charge in [-0.3, -0.25) is 4.90 Å². The van der Waals surface area contributed by atoms with Crippen LogP contribution in [0, 0.1) is 0 Å². The number of piperidine rings is 2. The lowest BCUT2D eigenvalue weighted by molar-refractivity contribution is -0.0984. The molecule has 2 aliphatic heterocycles. The van der Waals surface area contributed by atoms with Crippen LogP contribution >= 0.6 is 0 Å². The number of likely N-dealkylation sites (tertiary alicyclic amines) is 2. The maximum atomic E-state index is 11.9. The zero-order chi connectivity index (χ0) is 19.4. The highest BCUT2D eigenvalue weighted by atomic mass is 16.6. The summed E-state index contributed by atoms with van der Waals surface area (Å²) in [5.41, 5.74) is 0.174. The highest BCUT2D eigenvalue weighted by Crippen LogP contribution is 2.36. The second kappa shape index (κ2) is 8.59. The van der Waals surface area contributed by atoms with E-state index in [9.17, 15) is 9.90 Å².